The summed E-state index contributed by atoms with van der Waals surface area (Å²) in [6.45, 7) is 4.38. The Morgan fingerprint density at radius 1 is 1.05 bits per heavy atom. The highest BCUT2D eigenvalue weighted by Crippen LogP contribution is 2.31. The van der Waals surface area contributed by atoms with Crippen LogP contribution in [-0.2, 0) is 0 Å². The van der Waals surface area contributed by atoms with Crippen molar-refractivity contribution >= 4 is 17.2 Å². The normalized spacial score (nSPS) is 24.4. The van der Waals surface area contributed by atoms with E-state index >= 15 is 0 Å². The molecule has 1 aliphatic heterocycles. The first-order valence-corrected chi connectivity index (χ1v) is 7.38. The van der Waals surface area contributed by atoms with Crippen molar-refractivity contribution < 1.29 is 0 Å². The van der Waals surface area contributed by atoms with Gasteiger partial charge in [0.15, 0.2) is 0 Å². The van der Waals surface area contributed by atoms with Crippen LogP contribution in [0.5, 0.6) is 0 Å². The van der Waals surface area contributed by atoms with Gasteiger partial charge in [-0.05, 0) is 38.8 Å². The molecule has 102 valence electrons. The predicted molar refractivity (Wildman–Crippen MR) is 82.1 cm³/mol. The lowest BCUT2D eigenvalue weighted by molar-refractivity contribution is 0.441. The highest BCUT2D eigenvalue weighted by molar-refractivity contribution is 6.08. The maximum absolute atomic E-state index is 4.99. The van der Waals surface area contributed by atoms with Crippen molar-refractivity contribution in [1.29, 1.82) is 0 Å². The standard InChI is InChI=1S/C16H23N3/c1-16(2)15(17-12-8-4-3-5-9-12)18-13-10-6-7-11-14(13)19-16/h6-7,10-12,19H,3-5,8-9H2,1-2H3,(H,17,18). The van der Waals surface area contributed by atoms with Crippen molar-refractivity contribution in [2.75, 3.05) is 10.6 Å². The van der Waals surface area contributed by atoms with Gasteiger partial charge in [0.05, 0.1) is 23.0 Å². The summed E-state index contributed by atoms with van der Waals surface area (Å²) < 4.78 is 0. The molecule has 1 aliphatic carbocycles. The molecule has 1 heterocycles. The molecule has 1 saturated carbocycles. The van der Waals surface area contributed by atoms with Crippen LogP contribution >= 0.6 is 0 Å². The Bertz CT molecular complexity index is 485. The molecule has 3 rings (SSSR count). The summed E-state index contributed by atoms with van der Waals surface area (Å²) in [5, 5.41) is 7.10. The average Bonchev–Trinajstić information content (AvgIpc) is 2.40. The van der Waals surface area contributed by atoms with Crippen molar-refractivity contribution in [2.45, 2.75) is 57.5 Å². The number of fused-ring (bicyclic) bond motifs is 1. The number of para-hydroxylation sites is 2. The van der Waals surface area contributed by atoms with Crippen LogP contribution in [0, 0.1) is 0 Å². The van der Waals surface area contributed by atoms with Gasteiger partial charge in [-0.25, -0.2) is 0 Å². The number of nitrogens with one attached hydrogen (secondary N) is 2. The first kappa shape index (κ1) is 12.5. The number of benzene rings is 1. The lowest BCUT2D eigenvalue weighted by atomic mass is 9.94. The summed E-state index contributed by atoms with van der Waals surface area (Å²) in [6, 6.07) is 8.84. The minimum Gasteiger partial charge on any atom is -0.371 e. The van der Waals surface area contributed by atoms with Crippen molar-refractivity contribution in [3.05, 3.63) is 24.3 Å². The van der Waals surface area contributed by atoms with E-state index in [0.29, 0.717) is 6.04 Å². The van der Waals surface area contributed by atoms with Gasteiger partial charge < -0.3 is 10.6 Å². The number of rotatable bonds is 1. The Morgan fingerprint density at radius 2 is 1.74 bits per heavy atom. The number of hydrogen-bond acceptors (Lipinski definition) is 2. The van der Waals surface area contributed by atoms with E-state index in [4.69, 9.17) is 4.99 Å². The van der Waals surface area contributed by atoms with E-state index in [9.17, 15) is 0 Å². The lowest BCUT2D eigenvalue weighted by Crippen LogP contribution is -2.48. The van der Waals surface area contributed by atoms with Gasteiger partial charge in [-0.3, -0.25) is 4.99 Å². The molecule has 3 heteroatoms. The minimum atomic E-state index is -0.119. The van der Waals surface area contributed by atoms with E-state index in [2.05, 4.69) is 48.7 Å². The van der Waals surface area contributed by atoms with E-state index in [1.54, 1.807) is 0 Å². The number of nitrogens with zero attached hydrogens (tertiary/aromatic N) is 1. The molecule has 19 heavy (non-hydrogen) atoms. The molecule has 1 aromatic rings. The fourth-order valence-corrected chi connectivity index (χ4v) is 2.97. The van der Waals surface area contributed by atoms with Gasteiger partial charge in [0.25, 0.3) is 0 Å². The van der Waals surface area contributed by atoms with Gasteiger partial charge in [0.2, 0.25) is 0 Å². The van der Waals surface area contributed by atoms with Crippen LogP contribution in [0.3, 0.4) is 0 Å². The van der Waals surface area contributed by atoms with E-state index in [1.165, 1.54) is 32.1 Å². The molecule has 1 aromatic carbocycles. The fraction of sp³-hybridized carbons (Fsp3) is 0.562. The second-order valence-electron chi connectivity index (χ2n) is 6.19. The van der Waals surface area contributed by atoms with Crippen LogP contribution in [-0.4, -0.2) is 17.4 Å². The average molecular weight is 257 g/mol. The molecule has 0 unspecified atom stereocenters. The molecule has 0 atom stereocenters. The molecular weight excluding hydrogens is 234 g/mol. The Morgan fingerprint density at radius 3 is 2.47 bits per heavy atom. The van der Waals surface area contributed by atoms with Gasteiger partial charge in [-0.1, -0.05) is 31.4 Å². The molecule has 0 spiro atoms. The molecule has 0 aromatic heterocycles. The smallest absolute Gasteiger partial charge is 0.126 e. The molecule has 2 N–H and O–H groups in total. The minimum absolute atomic E-state index is 0.119. The predicted octanol–water partition coefficient (Wildman–Crippen LogP) is 4.03. The number of anilines is 2. The number of amidine groups is 1. The van der Waals surface area contributed by atoms with Gasteiger partial charge in [0, 0.05) is 0 Å². The molecular formula is C16H23N3. The van der Waals surface area contributed by atoms with Crippen LogP contribution in [0.4, 0.5) is 11.4 Å². The first-order chi connectivity index (χ1) is 9.15. The third-order valence-electron chi connectivity index (χ3n) is 4.11. The summed E-state index contributed by atoms with van der Waals surface area (Å²) in [5.74, 6) is 1.08. The zero-order chi connectivity index (χ0) is 13.3. The quantitative estimate of drug-likeness (QED) is 0.796. The summed E-state index contributed by atoms with van der Waals surface area (Å²) in [7, 11) is 0. The third-order valence-corrected chi connectivity index (χ3v) is 4.11. The van der Waals surface area contributed by atoms with E-state index in [-0.39, 0.29) is 5.54 Å². The summed E-state index contributed by atoms with van der Waals surface area (Å²) in [6.07, 6.45) is 6.50. The molecule has 3 nitrogen and oxygen atoms in total. The molecule has 0 radical (unpaired) electrons. The molecule has 0 bridgehead atoms. The second-order valence-corrected chi connectivity index (χ2v) is 6.19. The van der Waals surface area contributed by atoms with E-state index < -0.39 is 0 Å². The Kier molecular flexibility index (Phi) is 3.21. The number of hydrogen-bond donors (Lipinski definition) is 2. The second kappa shape index (κ2) is 4.87. The molecule has 2 aliphatic rings. The maximum Gasteiger partial charge on any atom is 0.126 e. The van der Waals surface area contributed by atoms with Crippen LogP contribution < -0.4 is 10.6 Å². The largest absolute Gasteiger partial charge is 0.371 e. The summed E-state index contributed by atoms with van der Waals surface area (Å²) in [4.78, 5) is 4.99. The van der Waals surface area contributed by atoms with E-state index in [1.807, 2.05) is 0 Å². The highest BCUT2D eigenvalue weighted by atomic mass is 15.2. The monoisotopic (exact) mass is 257 g/mol. The summed E-state index contributed by atoms with van der Waals surface area (Å²) in [5.41, 5.74) is 2.18. The topological polar surface area (TPSA) is 36.4 Å². The zero-order valence-electron chi connectivity index (χ0n) is 11.9. The Balaban J connectivity index is 1.87. The van der Waals surface area contributed by atoms with Crippen LogP contribution in [0.15, 0.2) is 29.3 Å². The van der Waals surface area contributed by atoms with Gasteiger partial charge in [-0.2, -0.15) is 0 Å². The SMILES string of the molecule is CC1(C)Nc2ccccc2NC1=NC1CCCCC1. The zero-order valence-corrected chi connectivity index (χ0v) is 11.9. The van der Waals surface area contributed by atoms with Crippen molar-refractivity contribution in [1.82, 2.24) is 0 Å². The van der Waals surface area contributed by atoms with Crippen LogP contribution in [0.25, 0.3) is 0 Å². The van der Waals surface area contributed by atoms with Crippen molar-refractivity contribution in [3.63, 3.8) is 0 Å². The van der Waals surface area contributed by atoms with Crippen molar-refractivity contribution in [3.8, 4) is 0 Å². The molecule has 0 saturated heterocycles. The van der Waals surface area contributed by atoms with Crippen molar-refractivity contribution in [2.24, 2.45) is 4.99 Å². The summed E-state index contributed by atoms with van der Waals surface area (Å²) >= 11 is 0. The van der Waals surface area contributed by atoms with Crippen LogP contribution in [0.1, 0.15) is 46.0 Å². The fourth-order valence-electron chi connectivity index (χ4n) is 2.97. The Hall–Kier alpha value is -1.51. The van der Waals surface area contributed by atoms with Gasteiger partial charge >= 0.3 is 0 Å². The molecule has 1 fully saturated rings. The molecule has 0 amide bonds. The van der Waals surface area contributed by atoms with E-state index in [0.717, 1.165) is 17.2 Å². The maximum atomic E-state index is 4.99. The Labute approximate surface area is 115 Å². The number of aliphatic imine (C=N–C) groups is 1. The highest BCUT2D eigenvalue weighted by Gasteiger charge is 2.31. The lowest BCUT2D eigenvalue weighted by Gasteiger charge is -2.37. The van der Waals surface area contributed by atoms with Gasteiger partial charge in [-0.15, -0.1) is 0 Å². The first-order valence-electron chi connectivity index (χ1n) is 7.38. The third kappa shape index (κ3) is 2.60. The van der Waals surface area contributed by atoms with Crippen LogP contribution in [0.2, 0.25) is 0 Å². The van der Waals surface area contributed by atoms with Gasteiger partial charge in [0.1, 0.15) is 5.84 Å².